The lowest BCUT2D eigenvalue weighted by molar-refractivity contribution is 0.224. The Hall–Kier alpha value is -0.740. The molecule has 0 bridgehead atoms. The van der Waals surface area contributed by atoms with Gasteiger partial charge in [0.15, 0.2) is 0 Å². The number of benzene rings is 1. The molecule has 0 spiro atoms. The molecule has 5 heteroatoms. The molecule has 1 aromatic carbocycles. The van der Waals surface area contributed by atoms with Gasteiger partial charge in [0.05, 0.1) is 12.4 Å². The van der Waals surface area contributed by atoms with Crippen LogP contribution in [0.5, 0.6) is 5.75 Å². The van der Waals surface area contributed by atoms with Gasteiger partial charge in [-0.15, -0.1) is 0 Å². The van der Waals surface area contributed by atoms with Crippen LogP contribution in [-0.2, 0) is 9.05 Å². The van der Waals surface area contributed by atoms with Crippen LogP contribution in [-0.4, -0.2) is 20.8 Å². The summed E-state index contributed by atoms with van der Waals surface area (Å²) in [5.74, 6) is 0.822. The van der Waals surface area contributed by atoms with Crippen molar-refractivity contribution in [3.8, 4) is 5.75 Å². The van der Waals surface area contributed by atoms with Crippen molar-refractivity contribution in [2.75, 3.05) is 12.4 Å². The Balaban J connectivity index is 2.71. The molecule has 0 aliphatic heterocycles. The van der Waals surface area contributed by atoms with E-state index >= 15 is 0 Å². The zero-order chi connectivity index (χ0) is 14.6. The third kappa shape index (κ3) is 5.83. The van der Waals surface area contributed by atoms with E-state index in [9.17, 15) is 8.42 Å². The minimum absolute atomic E-state index is 0.0584. The van der Waals surface area contributed by atoms with Crippen molar-refractivity contribution in [2.24, 2.45) is 11.8 Å². The number of ether oxygens (including phenoxy) is 1. The number of hydrogen-bond donors (Lipinski definition) is 0. The van der Waals surface area contributed by atoms with Crippen LogP contribution in [0.4, 0.5) is 0 Å². The summed E-state index contributed by atoms with van der Waals surface area (Å²) in [6.45, 7) is 8.29. The van der Waals surface area contributed by atoms with E-state index in [0.717, 1.165) is 11.3 Å². The molecule has 0 radical (unpaired) electrons. The van der Waals surface area contributed by atoms with Gasteiger partial charge in [-0.2, -0.15) is 0 Å². The van der Waals surface area contributed by atoms with Crippen molar-refractivity contribution in [3.63, 3.8) is 0 Å². The van der Waals surface area contributed by atoms with Gasteiger partial charge in [-0.3, -0.25) is 0 Å². The number of aryl methyl sites for hydroxylation is 2. The van der Waals surface area contributed by atoms with Crippen LogP contribution in [0.1, 0.15) is 25.0 Å². The highest BCUT2D eigenvalue weighted by molar-refractivity contribution is 8.13. The van der Waals surface area contributed by atoms with E-state index in [1.165, 1.54) is 5.56 Å². The van der Waals surface area contributed by atoms with Crippen molar-refractivity contribution in [1.29, 1.82) is 0 Å². The average Bonchev–Trinajstić information content (AvgIpc) is 2.24. The van der Waals surface area contributed by atoms with E-state index in [2.05, 4.69) is 0 Å². The summed E-state index contributed by atoms with van der Waals surface area (Å²) in [5.41, 5.74) is 2.23. The molecule has 1 unspecified atom stereocenters. The van der Waals surface area contributed by atoms with Crippen molar-refractivity contribution in [1.82, 2.24) is 0 Å². The van der Waals surface area contributed by atoms with Crippen LogP contribution in [0.2, 0.25) is 0 Å². The molecule has 0 N–H and O–H groups in total. The van der Waals surface area contributed by atoms with Crippen LogP contribution in [0.15, 0.2) is 18.2 Å². The van der Waals surface area contributed by atoms with Gasteiger partial charge in [-0.05, 0) is 31.4 Å². The average molecular weight is 305 g/mol. The molecule has 3 nitrogen and oxygen atoms in total. The first-order valence-electron chi connectivity index (χ1n) is 6.31. The second-order valence-corrected chi connectivity index (χ2v) is 8.11. The minimum atomic E-state index is -3.50. The van der Waals surface area contributed by atoms with E-state index in [1.807, 2.05) is 45.9 Å². The Morgan fingerprint density at radius 2 is 1.89 bits per heavy atom. The summed E-state index contributed by atoms with van der Waals surface area (Å²) >= 11 is 0. The van der Waals surface area contributed by atoms with Crippen LogP contribution in [0.3, 0.4) is 0 Å². The van der Waals surface area contributed by atoms with Crippen molar-refractivity contribution in [3.05, 3.63) is 29.3 Å². The zero-order valence-corrected chi connectivity index (χ0v) is 13.4. The maximum absolute atomic E-state index is 11.2. The Labute approximate surface area is 120 Å². The van der Waals surface area contributed by atoms with E-state index in [0.29, 0.717) is 6.61 Å². The zero-order valence-electron chi connectivity index (χ0n) is 11.8. The molecule has 1 rings (SSSR count). The van der Waals surface area contributed by atoms with Crippen LogP contribution in [0.25, 0.3) is 0 Å². The molecule has 0 saturated carbocycles. The predicted molar refractivity (Wildman–Crippen MR) is 79.4 cm³/mol. The summed E-state index contributed by atoms with van der Waals surface area (Å²) in [4.78, 5) is 0. The lowest BCUT2D eigenvalue weighted by Crippen LogP contribution is -2.24. The maximum Gasteiger partial charge on any atom is 0.233 e. The van der Waals surface area contributed by atoms with Crippen molar-refractivity contribution in [2.45, 2.75) is 27.7 Å². The second-order valence-electron chi connectivity index (χ2n) is 5.29. The highest BCUT2D eigenvalue weighted by Gasteiger charge is 2.21. The van der Waals surface area contributed by atoms with E-state index in [1.54, 1.807) is 0 Å². The molecule has 19 heavy (non-hydrogen) atoms. The lowest BCUT2D eigenvalue weighted by Gasteiger charge is -2.20. The van der Waals surface area contributed by atoms with Gasteiger partial charge in [0.1, 0.15) is 5.75 Å². The van der Waals surface area contributed by atoms with Crippen LogP contribution < -0.4 is 4.74 Å². The summed E-state index contributed by atoms with van der Waals surface area (Å²) in [7, 11) is 1.83. The number of hydrogen-bond acceptors (Lipinski definition) is 3. The first kappa shape index (κ1) is 16.3. The summed E-state index contributed by atoms with van der Waals surface area (Å²) in [6.07, 6.45) is 0. The molecular formula is C14H21ClO3S. The summed E-state index contributed by atoms with van der Waals surface area (Å²) < 4.78 is 28.1. The van der Waals surface area contributed by atoms with Gasteiger partial charge >= 0.3 is 0 Å². The first-order valence-corrected chi connectivity index (χ1v) is 8.79. The first-order chi connectivity index (χ1) is 8.69. The topological polar surface area (TPSA) is 43.4 Å². The number of halogens is 1. The van der Waals surface area contributed by atoms with Gasteiger partial charge in [-0.25, -0.2) is 8.42 Å². The molecule has 0 aromatic heterocycles. The second kappa shape index (κ2) is 6.62. The maximum atomic E-state index is 11.2. The van der Waals surface area contributed by atoms with Gasteiger partial charge in [0, 0.05) is 16.6 Å². The molecular weight excluding hydrogens is 284 g/mol. The highest BCUT2D eigenvalue weighted by Crippen LogP contribution is 2.22. The van der Waals surface area contributed by atoms with Crippen LogP contribution in [0, 0.1) is 25.7 Å². The third-order valence-electron chi connectivity index (χ3n) is 3.14. The quantitative estimate of drug-likeness (QED) is 0.755. The largest absolute Gasteiger partial charge is 0.493 e. The Morgan fingerprint density at radius 3 is 2.37 bits per heavy atom. The molecule has 0 fully saturated rings. The normalized spacial score (nSPS) is 13.6. The Kier molecular flexibility index (Phi) is 5.68. The SMILES string of the molecule is Cc1ccc(OCC(CS(=O)(=O)Cl)C(C)C)c(C)c1. The molecule has 0 heterocycles. The molecule has 0 aliphatic rings. The fourth-order valence-corrected chi connectivity index (χ4v) is 3.32. The van der Waals surface area contributed by atoms with Gasteiger partial charge in [0.25, 0.3) is 0 Å². The molecule has 0 aliphatic carbocycles. The fraction of sp³-hybridized carbons (Fsp3) is 0.571. The van der Waals surface area contributed by atoms with Gasteiger partial charge in [0.2, 0.25) is 9.05 Å². The predicted octanol–water partition coefficient (Wildman–Crippen LogP) is 3.52. The number of rotatable bonds is 6. The third-order valence-corrected chi connectivity index (χ3v) is 4.34. The summed E-state index contributed by atoms with van der Waals surface area (Å²) in [5, 5.41) is 0. The van der Waals surface area contributed by atoms with Crippen molar-refractivity contribution < 1.29 is 13.2 Å². The molecule has 108 valence electrons. The Bertz CT molecular complexity index is 523. The minimum Gasteiger partial charge on any atom is -0.493 e. The van der Waals surface area contributed by atoms with Crippen LogP contribution >= 0.6 is 10.7 Å². The van der Waals surface area contributed by atoms with Gasteiger partial charge in [-0.1, -0.05) is 31.5 Å². The monoisotopic (exact) mass is 304 g/mol. The fourth-order valence-electron chi connectivity index (χ4n) is 1.85. The molecule has 0 saturated heterocycles. The van der Waals surface area contributed by atoms with E-state index in [-0.39, 0.29) is 17.6 Å². The standard InChI is InChI=1S/C14H21ClO3S/c1-10(2)13(9-19(15,16)17)8-18-14-6-5-11(3)7-12(14)4/h5-7,10,13H,8-9H2,1-4H3. The van der Waals surface area contributed by atoms with E-state index < -0.39 is 9.05 Å². The molecule has 1 aromatic rings. The van der Waals surface area contributed by atoms with E-state index in [4.69, 9.17) is 15.4 Å². The summed E-state index contributed by atoms with van der Waals surface area (Å²) in [6, 6.07) is 5.93. The smallest absolute Gasteiger partial charge is 0.233 e. The Morgan fingerprint density at radius 1 is 1.26 bits per heavy atom. The molecule has 0 amide bonds. The van der Waals surface area contributed by atoms with Gasteiger partial charge < -0.3 is 4.74 Å². The van der Waals surface area contributed by atoms with Crippen molar-refractivity contribution >= 4 is 19.7 Å². The molecule has 1 atom stereocenters. The highest BCUT2D eigenvalue weighted by atomic mass is 35.7. The lowest BCUT2D eigenvalue weighted by atomic mass is 9.99.